The molecule has 0 heterocycles. The van der Waals surface area contributed by atoms with Gasteiger partial charge in [-0.1, -0.05) is 31.4 Å². The van der Waals surface area contributed by atoms with Gasteiger partial charge in [-0.15, -0.1) is 0 Å². The molecule has 0 unspecified atom stereocenters. The zero-order valence-electron chi connectivity index (χ0n) is 11.6. The molecule has 0 bridgehead atoms. The number of rotatable bonds is 7. The third-order valence-electron chi connectivity index (χ3n) is 3.58. The molecule has 1 aromatic carbocycles. The topological polar surface area (TPSA) is 21.3 Å². The summed E-state index contributed by atoms with van der Waals surface area (Å²) in [6, 6.07) is 8.41. The van der Waals surface area contributed by atoms with Gasteiger partial charge in [0, 0.05) is 6.54 Å². The SMILES string of the molecule is CC(C)Oc1ccc(CNCCC2CCC2)cc1. The van der Waals surface area contributed by atoms with Gasteiger partial charge < -0.3 is 10.1 Å². The fraction of sp³-hybridized carbons (Fsp3) is 0.625. The summed E-state index contributed by atoms with van der Waals surface area (Å²) >= 11 is 0. The van der Waals surface area contributed by atoms with E-state index in [1.54, 1.807) is 0 Å². The van der Waals surface area contributed by atoms with Crippen LogP contribution in [0.3, 0.4) is 0 Å². The van der Waals surface area contributed by atoms with Gasteiger partial charge in [-0.25, -0.2) is 0 Å². The van der Waals surface area contributed by atoms with Crippen molar-refractivity contribution in [2.75, 3.05) is 6.54 Å². The van der Waals surface area contributed by atoms with Crippen LogP contribution in [-0.4, -0.2) is 12.6 Å². The molecule has 0 radical (unpaired) electrons. The molecule has 1 saturated carbocycles. The molecule has 0 atom stereocenters. The number of hydrogen-bond acceptors (Lipinski definition) is 2. The van der Waals surface area contributed by atoms with E-state index < -0.39 is 0 Å². The third-order valence-corrected chi connectivity index (χ3v) is 3.58. The number of hydrogen-bond donors (Lipinski definition) is 1. The highest BCUT2D eigenvalue weighted by Gasteiger charge is 2.15. The Bertz CT molecular complexity index is 341. The first-order chi connectivity index (χ1) is 8.74. The Balaban J connectivity index is 1.65. The highest BCUT2D eigenvalue weighted by Crippen LogP contribution is 2.28. The zero-order chi connectivity index (χ0) is 12.8. The first kappa shape index (κ1) is 13.4. The summed E-state index contributed by atoms with van der Waals surface area (Å²) in [5.41, 5.74) is 1.33. The smallest absolute Gasteiger partial charge is 0.119 e. The molecule has 0 spiro atoms. The van der Waals surface area contributed by atoms with Crippen molar-refractivity contribution in [2.45, 2.75) is 52.2 Å². The van der Waals surface area contributed by atoms with Gasteiger partial charge in [-0.2, -0.15) is 0 Å². The summed E-state index contributed by atoms with van der Waals surface area (Å²) in [5, 5.41) is 3.52. The van der Waals surface area contributed by atoms with E-state index in [2.05, 4.69) is 43.4 Å². The van der Waals surface area contributed by atoms with Crippen LogP contribution in [-0.2, 0) is 6.54 Å². The maximum Gasteiger partial charge on any atom is 0.119 e. The molecule has 100 valence electrons. The highest BCUT2D eigenvalue weighted by atomic mass is 16.5. The average Bonchev–Trinajstić information content (AvgIpc) is 2.28. The Kier molecular flexibility index (Phi) is 5.06. The van der Waals surface area contributed by atoms with Crippen LogP contribution in [0.1, 0.15) is 45.1 Å². The van der Waals surface area contributed by atoms with E-state index in [0.29, 0.717) is 0 Å². The normalized spacial score (nSPS) is 15.7. The van der Waals surface area contributed by atoms with Gasteiger partial charge >= 0.3 is 0 Å². The molecule has 0 aromatic heterocycles. The van der Waals surface area contributed by atoms with Crippen LogP contribution in [0.5, 0.6) is 5.75 Å². The summed E-state index contributed by atoms with van der Waals surface area (Å²) < 4.78 is 5.63. The van der Waals surface area contributed by atoms with Crippen molar-refractivity contribution in [1.29, 1.82) is 0 Å². The largest absolute Gasteiger partial charge is 0.491 e. The fourth-order valence-electron chi connectivity index (χ4n) is 2.28. The van der Waals surface area contributed by atoms with Crippen molar-refractivity contribution in [2.24, 2.45) is 5.92 Å². The van der Waals surface area contributed by atoms with Gasteiger partial charge in [0.25, 0.3) is 0 Å². The van der Waals surface area contributed by atoms with Crippen LogP contribution in [0.4, 0.5) is 0 Å². The van der Waals surface area contributed by atoms with Crippen LogP contribution < -0.4 is 10.1 Å². The summed E-state index contributed by atoms with van der Waals surface area (Å²) in [5.74, 6) is 1.96. The van der Waals surface area contributed by atoms with Crippen molar-refractivity contribution in [3.8, 4) is 5.75 Å². The third kappa shape index (κ3) is 4.34. The minimum Gasteiger partial charge on any atom is -0.491 e. The lowest BCUT2D eigenvalue weighted by molar-refractivity contribution is 0.242. The van der Waals surface area contributed by atoms with Gasteiger partial charge in [0.1, 0.15) is 5.75 Å². The Labute approximate surface area is 111 Å². The number of ether oxygens (including phenoxy) is 1. The molecule has 0 saturated heterocycles. The van der Waals surface area contributed by atoms with Gasteiger partial charge in [0.05, 0.1) is 6.10 Å². The second-order valence-electron chi connectivity index (χ2n) is 5.57. The van der Waals surface area contributed by atoms with E-state index in [9.17, 15) is 0 Å². The van der Waals surface area contributed by atoms with Crippen molar-refractivity contribution in [1.82, 2.24) is 5.32 Å². The van der Waals surface area contributed by atoms with Gasteiger partial charge in [0.2, 0.25) is 0 Å². The Morgan fingerprint density at radius 1 is 1.22 bits per heavy atom. The van der Waals surface area contributed by atoms with Gasteiger partial charge in [0.15, 0.2) is 0 Å². The monoisotopic (exact) mass is 247 g/mol. The van der Waals surface area contributed by atoms with E-state index in [1.165, 1.54) is 31.2 Å². The molecule has 2 heteroatoms. The molecule has 0 amide bonds. The molecule has 2 rings (SSSR count). The van der Waals surface area contributed by atoms with Gasteiger partial charge in [-0.3, -0.25) is 0 Å². The fourth-order valence-corrected chi connectivity index (χ4v) is 2.28. The second-order valence-corrected chi connectivity index (χ2v) is 5.57. The molecule has 1 fully saturated rings. The summed E-state index contributed by atoms with van der Waals surface area (Å²) in [7, 11) is 0. The second kappa shape index (κ2) is 6.79. The Morgan fingerprint density at radius 2 is 1.94 bits per heavy atom. The van der Waals surface area contributed by atoms with Crippen LogP contribution >= 0.6 is 0 Å². The molecule has 18 heavy (non-hydrogen) atoms. The molecule has 1 aliphatic carbocycles. The first-order valence-corrected chi connectivity index (χ1v) is 7.20. The predicted molar refractivity (Wildman–Crippen MR) is 75.9 cm³/mol. The van der Waals surface area contributed by atoms with Gasteiger partial charge in [-0.05, 0) is 50.4 Å². The lowest BCUT2D eigenvalue weighted by atomic mass is 9.83. The molecule has 0 aliphatic heterocycles. The maximum absolute atomic E-state index is 5.63. The van der Waals surface area contributed by atoms with E-state index in [-0.39, 0.29) is 6.10 Å². The quantitative estimate of drug-likeness (QED) is 0.741. The molecular formula is C16H25NO. The lowest BCUT2D eigenvalue weighted by Crippen LogP contribution is -2.21. The first-order valence-electron chi connectivity index (χ1n) is 7.20. The summed E-state index contributed by atoms with van der Waals surface area (Å²) in [4.78, 5) is 0. The van der Waals surface area contributed by atoms with E-state index >= 15 is 0 Å². The minimum absolute atomic E-state index is 0.247. The highest BCUT2D eigenvalue weighted by molar-refractivity contribution is 5.27. The van der Waals surface area contributed by atoms with Crippen LogP contribution in [0.25, 0.3) is 0 Å². The Hall–Kier alpha value is -1.02. The van der Waals surface area contributed by atoms with Crippen molar-refractivity contribution in [3.63, 3.8) is 0 Å². The standard InChI is InChI=1S/C16H25NO/c1-13(2)18-16-8-6-15(7-9-16)12-17-11-10-14-4-3-5-14/h6-9,13-14,17H,3-5,10-12H2,1-2H3. The number of nitrogens with one attached hydrogen (secondary N) is 1. The van der Waals surface area contributed by atoms with E-state index in [0.717, 1.165) is 24.8 Å². The summed E-state index contributed by atoms with van der Waals surface area (Å²) in [6.07, 6.45) is 5.93. The van der Waals surface area contributed by atoms with E-state index in [1.807, 2.05) is 0 Å². The Morgan fingerprint density at radius 3 is 2.50 bits per heavy atom. The van der Waals surface area contributed by atoms with Crippen molar-refractivity contribution < 1.29 is 4.74 Å². The average molecular weight is 247 g/mol. The van der Waals surface area contributed by atoms with Crippen molar-refractivity contribution in [3.05, 3.63) is 29.8 Å². The van der Waals surface area contributed by atoms with Crippen LogP contribution in [0.2, 0.25) is 0 Å². The predicted octanol–water partition coefficient (Wildman–Crippen LogP) is 3.75. The maximum atomic E-state index is 5.63. The zero-order valence-corrected chi connectivity index (χ0v) is 11.6. The number of benzene rings is 1. The van der Waals surface area contributed by atoms with E-state index in [4.69, 9.17) is 4.74 Å². The van der Waals surface area contributed by atoms with Crippen LogP contribution in [0.15, 0.2) is 24.3 Å². The molecule has 1 aromatic rings. The molecule has 1 aliphatic rings. The molecule has 2 nitrogen and oxygen atoms in total. The lowest BCUT2D eigenvalue weighted by Gasteiger charge is -2.25. The minimum atomic E-state index is 0.247. The summed E-state index contributed by atoms with van der Waals surface area (Å²) in [6.45, 7) is 6.22. The molecule has 1 N–H and O–H groups in total. The van der Waals surface area contributed by atoms with Crippen molar-refractivity contribution >= 4 is 0 Å². The molecular weight excluding hydrogens is 222 g/mol. The van der Waals surface area contributed by atoms with Crippen LogP contribution in [0, 0.1) is 5.92 Å².